The molecule has 21 heavy (non-hydrogen) atoms. The van der Waals surface area contributed by atoms with Gasteiger partial charge in [0.2, 0.25) is 5.91 Å². The number of rotatable bonds is 3. The van der Waals surface area contributed by atoms with Crippen LogP contribution in [0.2, 0.25) is 0 Å². The number of amides is 1. The first-order valence-corrected chi connectivity index (χ1v) is 6.74. The third-order valence-corrected chi connectivity index (χ3v) is 3.57. The second-order valence-corrected chi connectivity index (χ2v) is 5.22. The molecule has 0 bridgehead atoms. The highest BCUT2D eigenvalue weighted by Crippen LogP contribution is 2.37. The molecule has 0 atom stereocenters. The number of likely N-dealkylation sites (N-methyl/N-ethyl adjacent to an activating group) is 1. The number of nitrogens with two attached hydrogens (primary N) is 1. The lowest BCUT2D eigenvalue weighted by molar-refractivity contribution is -0.137. The van der Waals surface area contributed by atoms with E-state index in [9.17, 15) is 18.0 Å². The van der Waals surface area contributed by atoms with Gasteiger partial charge >= 0.3 is 6.18 Å². The van der Waals surface area contributed by atoms with Gasteiger partial charge in [0.1, 0.15) is 0 Å². The summed E-state index contributed by atoms with van der Waals surface area (Å²) in [6.07, 6.45) is -2.61. The second-order valence-electron chi connectivity index (χ2n) is 5.22. The van der Waals surface area contributed by atoms with Crippen molar-refractivity contribution in [2.75, 3.05) is 37.3 Å². The molecule has 1 aromatic carbocycles. The molecular weight excluding hydrogens is 283 g/mol. The summed E-state index contributed by atoms with van der Waals surface area (Å²) in [4.78, 5) is 15.0. The quantitative estimate of drug-likeness (QED) is 0.872. The molecule has 7 heteroatoms. The van der Waals surface area contributed by atoms with E-state index in [0.29, 0.717) is 13.1 Å². The Morgan fingerprint density at radius 1 is 1.33 bits per heavy atom. The van der Waals surface area contributed by atoms with Gasteiger partial charge < -0.3 is 15.5 Å². The molecule has 0 spiro atoms. The summed E-state index contributed by atoms with van der Waals surface area (Å²) in [5.41, 5.74) is 4.62. The molecule has 1 amide bonds. The van der Waals surface area contributed by atoms with Gasteiger partial charge in [0, 0.05) is 31.5 Å². The average molecular weight is 301 g/mol. The van der Waals surface area contributed by atoms with Crippen molar-refractivity contribution < 1.29 is 18.0 Å². The normalized spacial score (nSPS) is 15.3. The molecule has 116 valence electrons. The van der Waals surface area contributed by atoms with Crippen LogP contribution in [0.1, 0.15) is 18.4 Å². The summed E-state index contributed by atoms with van der Waals surface area (Å²) in [7, 11) is 1.48. The van der Waals surface area contributed by atoms with E-state index in [4.69, 9.17) is 5.73 Å². The van der Waals surface area contributed by atoms with E-state index < -0.39 is 11.7 Å². The Kier molecular flexibility index (Phi) is 4.29. The van der Waals surface area contributed by atoms with E-state index in [0.717, 1.165) is 18.9 Å². The topological polar surface area (TPSA) is 49.6 Å². The molecule has 1 saturated heterocycles. The maximum atomic E-state index is 13.0. The molecule has 2 rings (SSSR count). The summed E-state index contributed by atoms with van der Waals surface area (Å²) in [5.74, 6) is -0.153. The third kappa shape index (κ3) is 3.59. The third-order valence-electron chi connectivity index (χ3n) is 3.57. The number of carbonyl (C=O) groups excluding carboxylic acids is 1. The fraction of sp³-hybridized carbons (Fsp3) is 0.500. The Labute approximate surface area is 121 Å². The van der Waals surface area contributed by atoms with Crippen LogP contribution < -0.4 is 10.6 Å². The zero-order valence-corrected chi connectivity index (χ0v) is 11.8. The van der Waals surface area contributed by atoms with Gasteiger partial charge in [0.05, 0.1) is 12.1 Å². The number of benzene rings is 1. The van der Waals surface area contributed by atoms with Crippen molar-refractivity contribution >= 4 is 17.3 Å². The van der Waals surface area contributed by atoms with Crippen molar-refractivity contribution in [1.82, 2.24) is 4.90 Å². The zero-order chi connectivity index (χ0) is 15.6. The van der Waals surface area contributed by atoms with Crippen molar-refractivity contribution in [3.63, 3.8) is 0 Å². The van der Waals surface area contributed by atoms with Gasteiger partial charge in [-0.1, -0.05) is 0 Å². The van der Waals surface area contributed by atoms with Gasteiger partial charge in [0.25, 0.3) is 0 Å². The van der Waals surface area contributed by atoms with E-state index in [1.807, 2.05) is 0 Å². The number of carbonyl (C=O) groups is 1. The van der Waals surface area contributed by atoms with E-state index >= 15 is 0 Å². The lowest BCUT2D eigenvalue weighted by Crippen LogP contribution is -2.37. The van der Waals surface area contributed by atoms with Crippen LogP contribution in [0.25, 0.3) is 0 Å². The van der Waals surface area contributed by atoms with E-state index in [1.54, 1.807) is 4.90 Å². The van der Waals surface area contributed by atoms with Crippen molar-refractivity contribution in [1.29, 1.82) is 0 Å². The van der Waals surface area contributed by atoms with Crippen LogP contribution in [0, 0.1) is 0 Å². The summed E-state index contributed by atoms with van der Waals surface area (Å²) in [6, 6.07) is 3.60. The number of halogens is 3. The number of alkyl halides is 3. The zero-order valence-electron chi connectivity index (χ0n) is 11.8. The van der Waals surface area contributed by atoms with Crippen LogP contribution in [0.5, 0.6) is 0 Å². The van der Waals surface area contributed by atoms with Crippen molar-refractivity contribution in [2.24, 2.45) is 0 Å². The monoisotopic (exact) mass is 301 g/mol. The minimum Gasteiger partial charge on any atom is -0.399 e. The highest BCUT2D eigenvalue weighted by atomic mass is 19.4. The minimum absolute atomic E-state index is 0.0377. The molecule has 1 aliphatic heterocycles. The number of anilines is 2. The first kappa shape index (κ1) is 15.5. The second kappa shape index (κ2) is 5.83. The van der Waals surface area contributed by atoms with Gasteiger partial charge in [-0.25, -0.2) is 0 Å². The van der Waals surface area contributed by atoms with Crippen molar-refractivity contribution in [3.05, 3.63) is 23.8 Å². The molecule has 1 aliphatic rings. The molecule has 0 radical (unpaired) electrons. The SMILES string of the molecule is CN(CC(=O)N1CCCC1)c1ccc(N)cc1C(F)(F)F. The van der Waals surface area contributed by atoms with Crippen LogP contribution >= 0.6 is 0 Å². The van der Waals surface area contributed by atoms with Gasteiger partial charge in [-0.3, -0.25) is 4.79 Å². The summed E-state index contributed by atoms with van der Waals surface area (Å²) in [6.45, 7) is 1.29. The minimum atomic E-state index is -4.50. The number of hydrogen-bond acceptors (Lipinski definition) is 3. The van der Waals surface area contributed by atoms with Crippen LogP contribution in [0.4, 0.5) is 24.5 Å². The Hall–Kier alpha value is -1.92. The van der Waals surface area contributed by atoms with E-state index in [1.165, 1.54) is 24.1 Å². The maximum Gasteiger partial charge on any atom is 0.418 e. The predicted molar refractivity (Wildman–Crippen MR) is 74.9 cm³/mol. The fourth-order valence-electron chi connectivity index (χ4n) is 2.47. The van der Waals surface area contributed by atoms with Gasteiger partial charge in [-0.2, -0.15) is 13.2 Å². The Morgan fingerprint density at radius 3 is 2.52 bits per heavy atom. The molecule has 1 aromatic rings. The fourth-order valence-corrected chi connectivity index (χ4v) is 2.47. The highest BCUT2D eigenvalue weighted by Gasteiger charge is 2.35. The largest absolute Gasteiger partial charge is 0.418 e. The summed E-state index contributed by atoms with van der Waals surface area (Å²) in [5, 5.41) is 0. The van der Waals surface area contributed by atoms with E-state index in [-0.39, 0.29) is 23.8 Å². The molecule has 1 heterocycles. The van der Waals surface area contributed by atoms with E-state index in [2.05, 4.69) is 0 Å². The Morgan fingerprint density at radius 2 is 1.95 bits per heavy atom. The van der Waals surface area contributed by atoms with Gasteiger partial charge in [-0.15, -0.1) is 0 Å². The van der Waals surface area contributed by atoms with Gasteiger partial charge in [0.15, 0.2) is 0 Å². The lowest BCUT2D eigenvalue weighted by atomic mass is 10.1. The van der Waals surface area contributed by atoms with Crippen LogP contribution in [0.3, 0.4) is 0 Å². The van der Waals surface area contributed by atoms with Crippen LogP contribution in [0.15, 0.2) is 18.2 Å². The smallest absolute Gasteiger partial charge is 0.399 e. The number of nitrogen functional groups attached to an aromatic ring is 1. The molecular formula is C14H18F3N3O. The highest BCUT2D eigenvalue weighted by molar-refractivity contribution is 5.82. The first-order valence-electron chi connectivity index (χ1n) is 6.74. The van der Waals surface area contributed by atoms with Crippen molar-refractivity contribution in [2.45, 2.75) is 19.0 Å². The number of likely N-dealkylation sites (tertiary alicyclic amines) is 1. The molecule has 2 N–H and O–H groups in total. The molecule has 4 nitrogen and oxygen atoms in total. The summed E-state index contributed by atoms with van der Waals surface area (Å²) >= 11 is 0. The average Bonchev–Trinajstić information content (AvgIpc) is 2.91. The van der Waals surface area contributed by atoms with Crippen molar-refractivity contribution in [3.8, 4) is 0 Å². The predicted octanol–water partition coefficient (Wildman–Crippen LogP) is 2.35. The molecule has 0 saturated carbocycles. The summed E-state index contributed by atoms with van der Waals surface area (Å²) < 4.78 is 39.1. The Bertz CT molecular complexity index is 525. The lowest BCUT2D eigenvalue weighted by Gasteiger charge is -2.25. The molecule has 0 unspecified atom stereocenters. The van der Waals surface area contributed by atoms with Crippen LogP contribution in [-0.4, -0.2) is 37.5 Å². The number of nitrogens with zero attached hydrogens (tertiary/aromatic N) is 2. The Balaban J connectivity index is 2.18. The molecule has 0 aromatic heterocycles. The van der Waals surface area contributed by atoms with Crippen LogP contribution in [-0.2, 0) is 11.0 Å². The standard InChI is InChI=1S/C14H18F3N3O/c1-19(9-13(21)20-6-2-3-7-20)12-5-4-10(18)8-11(12)14(15,16)17/h4-5,8H,2-3,6-7,9,18H2,1H3. The maximum absolute atomic E-state index is 13.0. The molecule has 1 fully saturated rings. The van der Waals surface area contributed by atoms with Gasteiger partial charge in [-0.05, 0) is 31.0 Å². The number of hydrogen-bond donors (Lipinski definition) is 1. The first-order chi connectivity index (χ1) is 9.79. The molecule has 0 aliphatic carbocycles.